The van der Waals surface area contributed by atoms with E-state index in [9.17, 15) is 8.78 Å². The fourth-order valence-electron chi connectivity index (χ4n) is 1.05. The molecule has 0 aromatic heterocycles. The van der Waals surface area contributed by atoms with Gasteiger partial charge in [0.25, 0.3) is 6.43 Å². The Bertz CT molecular complexity index is 306. The van der Waals surface area contributed by atoms with Crippen molar-refractivity contribution < 1.29 is 23.9 Å². The van der Waals surface area contributed by atoms with Crippen molar-refractivity contribution in [3.63, 3.8) is 0 Å². The van der Waals surface area contributed by atoms with Gasteiger partial charge in [-0.25, -0.2) is 8.78 Å². The number of aliphatic hydroxyl groups is 1. The second-order valence-corrected chi connectivity index (χ2v) is 2.82. The van der Waals surface area contributed by atoms with Crippen molar-refractivity contribution in [2.24, 2.45) is 0 Å². The Kier molecular flexibility index (Phi) is 3.57. The van der Waals surface area contributed by atoms with Gasteiger partial charge in [-0.3, -0.25) is 0 Å². The molecule has 0 fully saturated rings. The molecule has 0 saturated heterocycles. The second-order valence-electron chi connectivity index (χ2n) is 2.82. The fourth-order valence-corrected chi connectivity index (χ4v) is 1.05. The van der Waals surface area contributed by atoms with Gasteiger partial charge in [-0.15, -0.1) is 0 Å². The molecule has 0 radical (unpaired) electrons. The molecule has 0 aliphatic heterocycles. The van der Waals surface area contributed by atoms with Crippen LogP contribution in [0.2, 0.25) is 0 Å². The summed E-state index contributed by atoms with van der Waals surface area (Å²) in [6.45, 7) is 0. The Morgan fingerprint density at radius 3 is 2.36 bits per heavy atom. The Morgan fingerprint density at radius 2 is 1.86 bits per heavy atom. The standard InChI is InChI=1S/C8H9BF2O3/c10-8(11)7(12)5-2-1-3-6(4-5)9(13)14/h1-4,7-8,12-14H/t7-/m0/s1. The number of benzene rings is 1. The van der Waals surface area contributed by atoms with Gasteiger partial charge in [0, 0.05) is 0 Å². The average Bonchev–Trinajstić information content (AvgIpc) is 2.16. The van der Waals surface area contributed by atoms with E-state index >= 15 is 0 Å². The summed E-state index contributed by atoms with van der Waals surface area (Å²) in [5.41, 5.74) is 0.0350. The Hall–Kier alpha value is -0.975. The van der Waals surface area contributed by atoms with Gasteiger partial charge in [-0.05, 0) is 11.0 Å². The predicted molar refractivity (Wildman–Crippen MR) is 47.2 cm³/mol. The van der Waals surface area contributed by atoms with E-state index in [1.165, 1.54) is 18.2 Å². The van der Waals surface area contributed by atoms with Crippen molar-refractivity contribution in [2.75, 3.05) is 0 Å². The van der Waals surface area contributed by atoms with E-state index in [4.69, 9.17) is 15.2 Å². The molecule has 1 rings (SSSR count). The van der Waals surface area contributed by atoms with Gasteiger partial charge in [-0.2, -0.15) is 0 Å². The van der Waals surface area contributed by atoms with Crippen LogP contribution in [-0.4, -0.2) is 28.7 Å². The summed E-state index contributed by atoms with van der Waals surface area (Å²) < 4.78 is 24.1. The van der Waals surface area contributed by atoms with Crippen molar-refractivity contribution in [2.45, 2.75) is 12.5 Å². The van der Waals surface area contributed by atoms with Gasteiger partial charge in [0.1, 0.15) is 6.10 Å². The molecule has 0 aliphatic carbocycles. The lowest BCUT2D eigenvalue weighted by Crippen LogP contribution is -2.30. The SMILES string of the molecule is OB(O)c1cccc([C@H](O)C(F)F)c1. The summed E-state index contributed by atoms with van der Waals surface area (Å²) in [6.07, 6.45) is -4.78. The van der Waals surface area contributed by atoms with Crippen LogP contribution in [0.15, 0.2) is 24.3 Å². The number of alkyl halides is 2. The minimum absolute atomic E-state index is 0.0365. The van der Waals surface area contributed by atoms with Gasteiger partial charge in [0.05, 0.1) is 0 Å². The molecule has 1 aromatic rings. The number of halogens is 2. The first-order valence-electron chi connectivity index (χ1n) is 3.94. The van der Waals surface area contributed by atoms with Gasteiger partial charge >= 0.3 is 7.12 Å². The quantitative estimate of drug-likeness (QED) is 0.588. The summed E-state index contributed by atoms with van der Waals surface area (Å²) in [7, 11) is -1.72. The molecule has 0 unspecified atom stereocenters. The predicted octanol–water partition coefficient (Wildman–Crippen LogP) is -0.335. The summed E-state index contributed by atoms with van der Waals surface area (Å²) in [5, 5.41) is 26.5. The third kappa shape index (κ3) is 2.51. The molecular formula is C8H9BF2O3. The molecule has 14 heavy (non-hydrogen) atoms. The molecule has 3 N–H and O–H groups in total. The molecule has 0 bridgehead atoms. The average molecular weight is 202 g/mol. The summed E-state index contributed by atoms with van der Waals surface area (Å²) >= 11 is 0. The highest BCUT2D eigenvalue weighted by atomic mass is 19.3. The van der Waals surface area contributed by atoms with Gasteiger partial charge in [0.15, 0.2) is 0 Å². The van der Waals surface area contributed by atoms with Crippen molar-refractivity contribution >= 4 is 12.6 Å². The highest BCUT2D eigenvalue weighted by molar-refractivity contribution is 6.58. The molecule has 0 heterocycles. The van der Waals surface area contributed by atoms with Gasteiger partial charge in [0.2, 0.25) is 0 Å². The van der Waals surface area contributed by atoms with Crippen LogP contribution in [-0.2, 0) is 0 Å². The van der Waals surface area contributed by atoms with Crippen LogP contribution < -0.4 is 5.46 Å². The van der Waals surface area contributed by atoms with E-state index in [1.807, 2.05) is 0 Å². The Morgan fingerprint density at radius 1 is 1.21 bits per heavy atom. The lowest BCUT2D eigenvalue weighted by atomic mass is 9.79. The number of aliphatic hydroxyl groups excluding tert-OH is 1. The van der Waals surface area contributed by atoms with E-state index in [2.05, 4.69) is 0 Å². The molecule has 0 spiro atoms. The smallest absolute Gasteiger partial charge is 0.423 e. The molecular weight excluding hydrogens is 193 g/mol. The molecule has 76 valence electrons. The van der Waals surface area contributed by atoms with E-state index in [1.54, 1.807) is 0 Å². The van der Waals surface area contributed by atoms with Crippen LogP contribution in [0.5, 0.6) is 0 Å². The Labute approximate surface area is 79.8 Å². The number of hydrogen-bond acceptors (Lipinski definition) is 3. The fraction of sp³-hybridized carbons (Fsp3) is 0.250. The van der Waals surface area contributed by atoms with Gasteiger partial charge in [-0.1, -0.05) is 24.3 Å². The van der Waals surface area contributed by atoms with E-state index in [-0.39, 0.29) is 11.0 Å². The zero-order chi connectivity index (χ0) is 10.7. The lowest BCUT2D eigenvalue weighted by Gasteiger charge is -2.10. The van der Waals surface area contributed by atoms with Crippen LogP contribution in [0.1, 0.15) is 11.7 Å². The minimum atomic E-state index is -2.89. The molecule has 1 aromatic carbocycles. The first-order valence-corrected chi connectivity index (χ1v) is 3.94. The van der Waals surface area contributed by atoms with Crippen LogP contribution in [0.25, 0.3) is 0 Å². The topological polar surface area (TPSA) is 60.7 Å². The number of hydrogen-bond donors (Lipinski definition) is 3. The highest BCUT2D eigenvalue weighted by Gasteiger charge is 2.20. The zero-order valence-electron chi connectivity index (χ0n) is 7.14. The van der Waals surface area contributed by atoms with Crippen LogP contribution in [0, 0.1) is 0 Å². The monoisotopic (exact) mass is 202 g/mol. The van der Waals surface area contributed by atoms with Crippen molar-refractivity contribution in [3.8, 4) is 0 Å². The van der Waals surface area contributed by atoms with E-state index in [0.29, 0.717) is 0 Å². The first kappa shape index (κ1) is 11.1. The lowest BCUT2D eigenvalue weighted by molar-refractivity contribution is -0.00574. The van der Waals surface area contributed by atoms with E-state index < -0.39 is 19.6 Å². The Balaban J connectivity index is 2.93. The maximum atomic E-state index is 12.1. The van der Waals surface area contributed by atoms with Crippen molar-refractivity contribution in [3.05, 3.63) is 29.8 Å². The third-order valence-electron chi connectivity index (χ3n) is 1.79. The molecule has 0 aliphatic rings. The summed E-state index contributed by atoms with van der Waals surface area (Å²) in [5.74, 6) is 0. The van der Waals surface area contributed by atoms with E-state index in [0.717, 1.165) is 6.07 Å². The molecule has 3 nitrogen and oxygen atoms in total. The highest BCUT2D eigenvalue weighted by Crippen LogP contribution is 2.18. The molecule has 0 amide bonds. The molecule has 1 atom stereocenters. The van der Waals surface area contributed by atoms with Gasteiger partial charge < -0.3 is 15.2 Å². The first-order chi connectivity index (χ1) is 6.52. The maximum Gasteiger partial charge on any atom is 0.488 e. The molecule has 6 heteroatoms. The minimum Gasteiger partial charge on any atom is -0.423 e. The normalized spacial score (nSPS) is 13.0. The summed E-state index contributed by atoms with van der Waals surface area (Å²) in [6, 6.07) is 5.16. The largest absolute Gasteiger partial charge is 0.488 e. The molecule has 0 saturated carbocycles. The van der Waals surface area contributed by atoms with Crippen LogP contribution >= 0.6 is 0 Å². The van der Waals surface area contributed by atoms with Crippen LogP contribution in [0.3, 0.4) is 0 Å². The van der Waals surface area contributed by atoms with Crippen molar-refractivity contribution in [1.29, 1.82) is 0 Å². The third-order valence-corrected chi connectivity index (χ3v) is 1.79. The van der Waals surface area contributed by atoms with Crippen LogP contribution in [0.4, 0.5) is 8.78 Å². The van der Waals surface area contributed by atoms with Crippen molar-refractivity contribution in [1.82, 2.24) is 0 Å². The summed E-state index contributed by atoms with van der Waals surface area (Å²) in [4.78, 5) is 0. The maximum absolute atomic E-state index is 12.1. The second kappa shape index (κ2) is 4.50. The number of rotatable bonds is 3. The zero-order valence-corrected chi connectivity index (χ0v) is 7.14.